The van der Waals surface area contributed by atoms with E-state index in [4.69, 9.17) is 4.74 Å². The number of Topliss-reactive ketones (excluding diaryl/α,β-unsaturated/α-hetero) is 1. The second-order valence-electron chi connectivity index (χ2n) is 9.32. The number of amides is 2. The van der Waals surface area contributed by atoms with Gasteiger partial charge in [0, 0.05) is 15.1 Å². The zero-order valence-corrected chi connectivity index (χ0v) is 20.1. The van der Waals surface area contributed by atoms with Crippen LogP contribution in [-0.2, 0) is 19.1 Å². The molecule has 2 bridgehead atoms. The quantitative estimate of drug-likeness (QED) is 0.330. The number of carbonyl (C=O) groups excluding carboxylic acids is 4. The van der Waals surface area contributed by atoms with E-state index in [-0.39, 0.29) is 63.1 Å². The monoisotopic (exact) mass is 539 g/mol. The highest BCUT2D eigenvalue weighted by Crippen LogP contribution is 2.60. The van der Waals surface area contributed by atoms with Crippen LogP contribution in [-0.4, -0.2) is 39.8 Å². The van der Waals surface area contributed by atoms with Gasteiger partial charge in [-0.1, -0.05) is 58.7 Å². The smallest absolute Gasteiger partial charge is 0.338 e. The predicted octanol–water partition coefficient (Wildman–Crippen LogP) is 3.74. The maximum absolute atomic E-state index is 13.2. The minimum absolute atomic E-state index is 0.127. The molecule has 6 atom stereocenters. The van der Waals surface area contributed by atoms with E-state index in [1.54, 1.807) is 39.0 Å². The summed E-state index contributed by atoms with van der Waals surface area (Å²) in [7, 11) is 0. The lowest BCUT2D eigenvalue weighted by Crippen LogP contribution is -2.37. The van der Waals surface area contributed by atoms with Crippen LogP contribution in [0, 0.1) is 29.1 Å². The molecule has 2 saturated carbocycles. The van der Waals surface area contributed by atoms with Gasteiger partial charge >= 0.3 is 5.97 Å². The third-order valence-electron chi connectivity index (χ3n) is 6.50. The van der Waals surface area contributed by atoms with Gasteiger partial charge in [0.15, 0.2) is 12.4 Å². The molecule has 6 unspecified atom stereocenters. The number of carbonyl (C=O) groups is 4. The Morgan fingerprint density at radius 2 is 1.63 bits per heavy atom. The molecule has 8 heteroatoms. The normalized spacial score (nSPS) is 32.5. The zero-order valence-electron chi connectivity index (χ0n) is 16.9. The second kappa shape index (κ2) is 7.55. The lowest BCUT2D eigenvalue weighted by atomic mass is 9.81. The van der Waals surface area contributed by atoms with Crippen molar-refractivity contribution in [2.75, 3.05) is 11.5 Å². The molecule has 30 heavy (non-hydrogen) atoms. The topological polar surface area (TPSA) is 80.8 Å². The molecule has 1 aromatic carbocycles. The molecule has 1 aliphatic heterocycles. The average molecular weight is 541 g/mol. The lowest BCUT2D eigenvalue weighted by molar-refractivity contribution is -0.129. The van der Waals surface area contributed by atoms with Crippen molar-refractivity contribution in [1.82, 2.24) is 0 Å². The van der Waals surface area contributed by atoms with Crippen molar-refractivity contribution >= 4 is 61.1 Å². The fourth-order valence-electron chi connectivity index (χ4n) is 4.81. The lowest BCUT2D eigenvalue weighted by Gasteiger charge is -2.28. The van der Waals surface area contributed by atoms with Crippen LogP contribution in [0.5, 0.6) is 0 Å². The van der Waals surface area contributed by atoms with Gasteiger partial charge in [-0.25, -0.2) is 4.79 Å². The van der Waals surface area contributed by atoms with Crippen molar-refractivity contribution in [2.45, 2.75) is 36.8 Å². The predicted molar refractivity (Wildman–Crippen MR) is 118 cm³/mol. The summed E-state index contributed by atoms with van der Waals surface area (Å²) in [4.78, 5) is 52.3. The van der Waals surface area contributed by atoms with Gasteiger partial charge in [0.05, 0.1) is 23.1 Å². The van der Waals surface area contributed by atoms with Crippen LogP contribution < -0.4 is 4.90 Å². The molecule has 160 valence electrons. The highest BCUT2D eigenvalue weighted by atomic mass is 79.9. The molecule has 2 amide bonds. The van der Waals surface area contributed by atoms with E-state index in [1.807, 2.05) is 0 Å². The molecule has 0 aromatic heterocycles. The molecular formula is C22H23Br2NO5. The van der Waals surface area contributed by atoms with E-state index in [9.17, 15) is 19.2 Å². The number of rotatable bonds is 4. The number of alkyl halides is 2. The minimum Gasteiger partial charge on any atom is -0.454 e. The van der Waals surface area contributed by atoms with E-state index in [2.05, 4.69) is 31.9 Å². The first-order valence-corrected chi connectivity index (χ1v) is 11.8. The molecule has 0 radical (unpaired) electrons. The van der Waals surface area contributed by atoms with Gasteiger partial charge in [0.25, 0.3) is 0 Å². The molecule has 3 aliphatic rings. The van der Waals surface area contributed by atoms with E-state index in [1.165, 1.54) is 11.0 Å². The van der Waals surface area contributed by atoms with Crippen molar-refractivity contribution in [3.05, 3.63) is 29.8 Å². The van der Waals surface area contributed by atoms with Crippen LogP contribution in [0.1, 0.15) is 37.6 Å². The largest absolute Gasteiger partial charge is 0.454 e. The first-order valence-electron chi connectivity index (χ1n) is 9.99. The van der Waals surface area contributed by atoms with Crippen molar-refractivity contribution in [1.29, 1.82) is 0 Å². The van der Waals surface area contributed by atoms with Crippen molar-refractivity contribution in [2.24, 2.45) is 29.1 Å². The molecule has 0 spiro atoms. The third kappa shape index (κ3) is 3.36. The Balaban J connectivity index is 1.53. The van der Waals surface area contributed by atoms with Crippen molar-refractivity contribution in [3.8, 4) is 0 Å². The van der Waals surface area contributed by atoms with E-state index in [0.29, 0.717) is 5.69 Å². The van der Waals surface area contributed by atoms with Crippen molar-refractivity contribution < 1.29 is 23.9 Å². The molecule has 1 heterocycles. The number of imide groups is 1. The van der Waals surface area contributed by atoms with Gasteiger partial charge in [-0.2, -0.15) is 0 Å². The number of ketones is 1. The van der Waals surface area contributed by atoms with Gasteiger partial charge in [0.1, 0.15) is 0 Å². The van der Waals surface area contributed by atoms with Crippen LogP contribution in [0.25, 0.3) is 0 Å². The van der Waals surface area contributed by atoms with Crippen LogP contribution in [0.15, 0.2) is 24.3 Å². The Kier molecular flexibility index (Phi) is 5.46. The molecule has 0 N–H and O–H groups in total. The standard InChI is InChI=1S/C22H23Br2NO5/c1-22(2,3)14(26)9-30-21(29)10-5-4-6-11(7-10)25-19(27)15-12-8-13(16(15)20(25)28)18(24)17(12)23/h4-7,12-13,15-18H,8-9H2,1-3H3. The van der Waals surface area contributed by atoms with E-state index in [0.717, 1.165) is 6.42 Å². The number of halogens is 2. The van der Waals surface area contributed by atoms with Crippen LogP contribution in [0.2, 0.25) is 0 Å². The van der Waals surface area contributed by atoms with E-state index < -0.39 is 11.4 Å². The van der Waals surface area contributed by atoms with Gasteiger partial charge in [-0.05, 0) is 36.5 Å². The summed E-state index contributed by atoms with van der Waals surface area (Å²) in [5.74, 6) is -1.63. The molecule has 3 fully saturated rings. The number of esters is 1. The summed E-state index contributed by atoms with van der Waals surface area (Å²) in [6.45, 7) is 4.95. The van der Waals surface area contributed by atoms with Gasteiger partial charge in [0.2, 0.25) is 11.8 Å². The number of anilines is 1. The minimum atomic E-state index is -0.658. The number of benzene rings is 1. The van der Waals surface area contributed by atoms with E-state index >= 15 is 0 Å². The van der Waals surface area contributed by atoms with Crippen molar-refractivity contribution in [3.63, 3.8) is 0 Å². The number of fused-ring (bicyclic) bond motifs is 5. The number of nitrogens with zero attached hydrogens (tertiary/aromatic N) is 1. The fourth-order valence-corrected chi connectivity index (χ4v) is 6.68. The molecule has 1 saturated heterocycles. The number of hydrogen-bond donors (Lipinski definition) is 0. The third-order valence-corrected chi connectivity index (χ3v) is 9.70. The number of ether oxygens (including phenoxy) is 1. The highest BCUT2D eigenvalue weighted by Gasteiger charge is 2.66. The summed E-state index contributed by atoms with van der Waals surface area (Å²) in [5, 5.41) is 0. The molecule has 2 aliphatic carbocycles. The van der Waals surface area contributed by atoms with Gasteiger partial charge in [-0.15, -0.1) is 0 Å². The first kappa shape index (κ1) is 21.7. The van der Waals surface area contributed by atoms with Crippen LogP contribution in [0.3, 0.4) is 0 Å². The SMILES string of the molecule is CC(C)(C)C(=O)COC(=O)c1cccc(N2C(=O)C3C4CC(C(Br)C4Br)C3C2=O)c1. The Labute approximate surface area is 192 Å². The summed E-state index contributed by atoms with van der Waals surface area (Å²) in [6, 6.07) is 6.29. The Morgan fingerprint density at radius 3 is 2.17 bits per heavy atom. The summed E-state index contributed by atoms with van der Waals surface area (Å²) in [6.07, 6.45) is 0.862. The maximum atomic E-state index is 13.2. The molecule has 4 rings (SSSR count). The first-order chi connectivity index (χ1) is 14.0. The maximum Gasteiger partial charge on any atom is 0.338 e. The summed E-state index contributed by atoms with van der Waals surface area (Å²) < 4.78 is 5.15. The van der Waals surface area contributed by atoms with Crippen LogP contribution in [0.4, 0.5) is 5.69 Å². The molecule has 1 aromatic rings. The Morgan fingerprint density at radius 1 is 1.07 bits per heavy atom. The number of hydrogen-bond acceptors (Lipinski definition) is 5. The van der Waals surface area contributed by atoms with Gasteiger partial charge < -0.3 is 4.74 Å². The Hall–Kier alpha value is -1.54. The summed E-state index contributed by atoms with van der Waals surface area (Å²) >= 11 is 7.35. The summed E-state index contributed by atoms with van der Waals surface area (Å²) in [5.41, 5.74) is -0.0342. The zero-order chi connectivity index (χ0) is 22.0. The fraction of sp³-hybridized carbons (Fsp3) is 0.545. The Bertz CT molecular complexity index is 908. The highest BCUT2D eigenvalue weighted by molar-refractivity contribution is 9.12. The van der Waals surface area contributed by atoms with Gasteiger partial charge in [-0.3, -0.25) is 19.3 Å². The van der Waals surface area contributed by atoms with Crippen LogP contribution >= 0.6 is 31.9 Å². The molecule has 6 nitrogen and oxygen atoms in total. The average Bonchev–Trinajstić information content (AvgIpc) is 3.30. The molecular weight excluding hydrogens is 518 g/mol. The second-order valence-corrected chi connectivity index (χ2v) is 11.4.